The molecule has 3 amide bonds. The van der Waals surface area contributed by atoms with Crippen LogP contribution >= 0.6 is 23.4 Å². The maximum Gasteiger partial charge on any atom is 0.289 e. The van der Waals surface area contributed by atoms with E-state index in [0.29, 0.717) is 31.0 Å². The first kappa shape index (κ1) is 15.4. The van der Waals surface area contributed by atoms with Crippen molar-refractivity contribution in [2.45, 2.75) is 18.9 Å². The lowest BCUT2D eigenvalue weighted by atomic mass is 10.1. The van der Waals surface area contributed by atoms with Gasteiger partial charge >= 0.3 is 0 Å². The highest BCUT2D eigenvalue weighted by molar-refractivity contribution is 8.14. The van der Waals surface area contributed by atoms with Gasteiger partial charge in [0.15, 0.2) is 0 Å². The van der Waals surface area contributed by atoms with Crippen molar-refractivity contribution in [1.29, 1.82) is 0 Å². The Hall–Kier alpha value is -1.53. The Balaban J connectivity index is 1.60. The summed E-state index contributed by atoms with van der Waals surface area (Å²) < 4.78 is 0. The van der Waals surface area contributed by atoms with Crippen LogP contribution in [-0.4, -0.2) is 51.7 Å². The van der Waals surface area contributed by atoms with Crippen LogP contribution in [0.15, 0.2) is 24.3 Å². The molecule has 0 N–H and O–H groups in total. The van der Waals surface area contributed by atoms with E-state index < -0.39 is 0 Å². The summed E-state index contributed by atoms with van der Waals surface area (Å²) in [5.74, 6) is 0.0807. The predicted octanol–water partition coefficient (Wildman–Crippen LogP) is 2.18. The Labute approximate surface area is 137 Å². The number of imide groups is 1. The first-order valence-electron chi connectivity index (χ1n) is 7.05. The summed E-state index contributed by atoms with van der Waals surface area (Å²) in [5, 5.41) is 0.447. The lowest BCUT2D eigenvalue weighted by Gasteiger charge is -2.22. The van der Waals surface area contributed by atoms with Crippen molar-refractivity contribution >= 4 is 40.4 Å². The molecule has 1 aromatic carbocycles. The maximum atomic E-state index is 12.3. The molecular weight excluding hydrogens is 324 g/mol. The summed E-state index contributed by atoms with van der Waals surface area (Å²) in [6, 6.07) is 7.01. The average Bonchev–Trinajstić information content (AvgIpc) is 3.08. The molecule has 1 atom stereocenters. The van der Waals surface area contributed by atoms with E-state index in [2.05, 4.69) is 0 Å². The molecular formula is C15H15ClN2O3S. The zero-order valence-corrected chi connectivity index (χ0v) is 13.4. The van der Waals surface area contributed by atoms with Gasteiger partial charge in [0.1, 0.15) is 0 Å². The first-order valence-corrected chi connectivity index (χ1v) is 8.42. The van der Waals surface area contributed by atoms with Gasteiger partial charge in [0.05, 0.1) is 18.2 Å². The average molecular weight is 339 g/mol. The fourth-order valence-electron chi connectivity index (χ4n) is 2.78. The number of nitrogens with zero attached hydrogens (tertiary/aromatic N) is 2. The first-order chi connectivity index (χ1) is 10.5. The number of hydrogen-bond acceptors (Lipinski definition) is 4. The number of likely N-dealkylation sites (tertiary alicyclic amines) is 1. The molecule has 22 heavy (non-hydrogen) atoms. The Morgan fingerprint density at radius 2 is 2.00 bits per heavy atom. The van der Waals surface area contributed by atoms with Crippen molar-refractivity contribution in [3.05, 3.63) is 34.9 Å². The van der Waals surface area contributed by atoms with Gasteiger partial charge in [0.25, 0.3) is 5.24 Å². The summed E-state index contributed by atoms with van der Waals surface area (Å²) >= 11 is 6.86. The third-order valence-corrected chi connectivity index (χ3v) is 5.02. The minimum absolute atomic E-state index is 0.0107. The molecule has 0 saturated carbocycles. The minimum Gasteiger partial charge on any atom is -0.340 e. The summed E-state index contributed by atoms with van der Waals surface area (Å²) in [5.41, 5.74) is 0.904. The van der Waals surface area contributed by atoms with Crippen molar-refractivity contribution in [3.63, 3.8) is 0 Å². The second kappa shape index (κ2) is 6.30. The van der Waals surface area contributed by atoms with Gasteiger partial charge < -0.3 is 4.90 Å². The van der Waals surface area contributed by atoms with Crippen molar-refractivity contribution in [2.24, 2.45) is 0 Å². The van der Waals surface area contributed by atoms with E-state index in [-0.39, 0.29) is 28.8 Å². The van der Waals surface area contributed by atoms with Crippen LogP contribution in [0.4, 0.5) is 4.79 Å². The Morgan fingerprint density at radius 3 is 2.64 bits per heavy atom. The fraction of sp³-hybridized carbons (Fsp3) is 0.400. The van der Waals surface area contributed by atoms with Crippen LogP contribution in [0.2, 0.25) is 5.02 Å². The van der Waals surface area contributed by atoms with Crippen molar-refractivity contribution < 1.29 is 14.4 Å². The highest BCUT2D eigenvalue weighted by Gasteiger charge is 2.40. The molecule has 2 saturated heterocycles. The highest BCUT2D eigenvalue weighted by Crippen LogP contribution is 2.26. The molecule has 0 aliphatic carbocycles. The van der Waals surface area contributed by atoms with Crippen LogP contribution < -0.4 is 0 Å². The van der Waals surface area contributed by atoms with Gasteiger partial charge in [-0.1, -0.05) is 35.5 Å². The van der Waals surface area contributed by atoms with Gasteiger partial charge in [0.2, 0.25) is 11.8 Å². The van der Waals surface area contributed by atoms with E-state index in [9.17, 15) is 14.4 Å². The molecule has 3 rings (SSSR count). The second-order valence-electron chi connectivity index (χ2n) is 5.40. The van der Waals surface area contributed by atoms with Crippen LogP contribution in [0.3, 0.4) is 0 Å². The molecule has 0 aromatic heterocycles. The third-order valence-electron chi connectivity index (χ3n) is 3.93. The topological polar surface area (TPSA) is 57.7 Å². The monoisotopic (exact) mass is 338 g/mol. The molecule has 0 radical (unpaired) electrons. The Kier molecular flexibility index (Phi) is 4.40. The fourth-order valence-corrected chi connectivity index (χ4v) is 3.69. The lowest BCUT2D eigenvalue weighted by Crippen LogP contribution is -2.41. The third kappa shape index (κ3) is 3.13. The highest BCUT2D eigenvalue weighted by atomic mass is 35.5. The minimum atomic E-state index is -0.193. The van der Waals surface area contributed by atoms with Gasteiger partial charge in [-0.15, -0.1) is 0 Å². The SMILES string of the molecule is O=C(Cc1ccc(Cl)cc1)N1CCC(N2C(=O)CSC2=O)C1. The number of amides is 3. The summed E-state index contributed by atoms with van der Waals surface area (Å²) in [7, 11) is 0. The van der Waals surface area contributed by atoms with Crippen LogP contribution in [0.25, 0.3) is 0 Å². The van der Waals surface area contributed by atoms with Crippen LogP contribution in [0.1, 0.15) is 12.0 Å². The van der Waals surface area contributed by atoms with Gasteiger partial charge in [-0.05, 0) is 24.1 Å². The summed E-state index contributed by atoms with van der Waals surface area (Å²) in [6.07, 6.45) is 0.963. The van der Waals surface area contributed by atoms with Crippen LogP contribution in [0.5, 0.6) is 0 Å². The molecule has 116 valence electrons. The number of carbonyl (C=O) groups excluding carboxylic acids is 3. The van der Waals surface area contributed by atoms with E-state index in [1.807, 2.05) is 12.1 Å². The molecule has 2 aliphatic rings. The largest absolute Gasteiger partial charge is 0.340 e. The quantitative estimate of drug-likeness (QED) is 0.847. The van der Waals surface area contributed by atoms with Crippen molar-refractivity contribution in [2.75, 3.05) is 18.8 Å². The predicted molar refractivity (Wildman–Crippen MR) is 84.8 cm³/mol. The van der Waals surface area contributed by atoms with Gasteiger partial charge in [-0.2, -0.15) is 0 Å². The Bertz CT molecular complexity index is 604. The molecule has 2 fully saturated rings. The second-order valence-corrected chi connectivity index (χ2v) is 6.77. The van der Waals surface area contributed by atoms with Crippen LogP contribution in [0, 0.1) is 0 Å². The number of benzene rings is 1. The van der Waals surface area contributed by atoms with E-state index in [1.165, 1.54) is 4.90 Å². The lowest BCUT2D eigenvalue weighted by molar-refractivity contribution is -0.131. The van der Waals surface area contributed by atoms with Gasteiger partial charge in [-0.25, -0.2) is 0 Å². The number of carbonyl (C=O) groups is 3. The van der Waals surface area contributed by atoms with E-state index in [0.717, 1.165) is 17.3 Å². The van der Waals surface area contributed by atoms with E-state index in [1.54, 1.807) is 17.0 Å². The van der Waals surface area contributed by atoms with Gasteiger partial charge in [-0.3, -0.25) is 19.3 Å². The standard InChI is InChI=1S/C15H15ClN2O3S/c16-11-3-1-10(2-4-11)7-13(19)17-6-5-12(8-17)18-14(20)9-22-15(18)21/h1-4,12H,5-9H2. The van der Waals surface area contributed by atoms with Crippen LogP contribution in [-0.2, 0) is 16.0 Å². The molecule has 1 aromatic rings. The molecule has 5 nitrogen and oxygen atoms in total. The number of rotatable bonds is 3. The Morgan fingerprint density at radius 1 is 1.27 bits per heavy atom. The van der Waals surface area contributed by atoms with Crippen molar-refractivity contribution in [1.82, 2.24) is 9.80 Å². The molecule has 0 spiro atoms. The molecule has 7 heteroatoms. The normalized spacial score (nSPS) is 21.8. The number of halogens is 1. The van der Waals surface area contributed by atoms with Gasteiger partial charge in [0, 0.05) is 18.1 Å². The molecule has 1 unspecified atom stereocenters. The molecule has 0 bridgehead atoms. The number of thioether (sulfide) groups is 1. The summed E-state index contributed by atoms with van der Waals surface area (Å²) in [4.78, 5) is 38.8. The zero-order valence-electron chi connectivity index (χ0n) is 11.8. The van der Waals surface area contributed by atoms with E-state index >= 15 is 0 Å². The smallest absolute Gasteiger partial charge is 0.289 e. The summed E-state index contributed by atoms with van der Waals surface area (Å²) in [6.45, 7) is 1.02. The molecule has 2 heterocycles. The molecule has 2 aliphatic heterocycles. The zero-order chi connectivity index (χ0) is 15.7. The maximum absolute atomic E-state index is 12.3. The van der Waals surface area contributed by atoms with E-state index in [4.69, 9.17) is 11.6 Å². The number of hydrogen-bond donors (Lipinski definition) is 0. The van der Waals surface area contributed by atoms with Crippen molar-refractivity contribution in [3.8, 4) is 0 Å².